The van der Waals surface area contributed by atoms with Crippen molar-refractivity contribution in [1.29, 1.82) is 0 Å². The Morgan fingerprint density at radius 2 is 1.07 bits per heavy atom. The molecule has 1 aromatic heterocycles. The molecule has 0 bridgehead atoms. The fraction of sp³-hybridized carbons (Fsp3) is 0. The fourth-order valence-corrected chi connectivity index (χ4v) is 7.09. The molecule has 1 nitrogen and oxygen atoms in total. The Labute approximate surface area is 237 Å². The minimum atomic E-state index is 1.14. The van der Waals surface area contributed by atoms with E-state index >= 15 is 0 Å². The number of benzene rings is 7. The van der Waals surface area contributed by atoms with Crippen molar-refractivity contribution in [3.8, 4) is 11.1 Å². The second-order valence-corrected chi connectivity index (χ2v) is 11.3. The van der Waals surface area contributed by atoms with E-state index in [1.807, 2.05) is 11.3 Å². The molecule has 0 N–H and O–H groups in total. The molecule has 0 atom stereocenters. The van der Waals surface area contributed by atoms with Crippen LogP contribution < -0.4 is 4.90 Å². The molecule has 0 radical (unpaired) electrons. The Balaban J connectivity index is 1.42. The average Bonchev–Trinajstić information content (AvgIpc) is 3.39. The van der Waals surface area contributed by atoms with Gasteiger partial charge in [-0.05, 0) is 69.6 Å². The number of rotatable bonds is 4. The fourth-order valence-electron chi connectivity index (χ4n) is 5.95. The third-order valence-corrected chi connectivity index (χ3v) is 8.95. The normalized spacial score (nSPS) is 11.5. The molecule has 8 rings (SSSR count). The van der Waals surface area contributed by atoms with Gasteiger partial charge in [0.25, 0.3) is 0 Å². The van der Waals surface area contributed by atoms with Crippen molar-refractivity contribution in [2.24, 2.45) is 0 Å². The highest BCUT2D eigenvalue weighted by atomic mass is 32.1. The van der Waals surface area contributed by atoms with E-state index in [0.29, 0.717) is 0 Å². The molecule has 1 heterocycles. The zero-order valence-corrected chi connectivity index (χ0v) is 22.6. The van der Waals surface area contributed by atoms with Crippen LogP contribution in [0.3, 0.4) is 0 Å². The van der Waals surface area contributed by atoms with Crippen molar-refractivity contribution in [3.63, 3.8) is 0 Å². The van der Waals surface area contributed by atoms with E-state index in [2.05, 4.69) is 157 Å². The monoisotopic (exact) mass is 527 g/mol. The van der Waals surface area contributed by atoms with Crippen LogP contribution >= 0.6 is 11.3 Å². The minimum Gasteiger partial charge on any atom is -0.310 e. The highest BCUT2D eigenvalue weighted by Gasteiger charge is 2.20. The standard InChI is InChI=1S/C38H25NS/c1-2-13-30(14-3-1)39(31-21-22-34-33-16-8-9-17-36(33)40-37(34)25-31)35-23-20-27-11-6-7-15-32(27)38(35)29-19-18-26-10-4-5-12-28(26)24-29/h1-25H. The number of hydrogen-bond donors (Lipinski definition) is 0. The molecule has 0 spiro atoms. The van der Waals surface area contributed by atoms with Crippen LogP contribution in [0.1, 0.15) is 0 Å². The molecule has 40 heavy (non-hydrogen) atoms. The lowest BCUT2D eigenvalue weighted by Gasteiger charge is -2.29. The second-order valence-electron chi connectivity index (χ2n) is 10.2. The van der Waals surface area contributed by atoms with Gasteiger partial charge in [-0.3, -0.25) is 0 Å². The van der Waals surface area contributed by atoms with Crippen molar-refractivity contribution in [2.45, 2.75) is 0 Å². The van der Waals surface area contributed by atoms with Crippen molar-refractivity contribution >= 4 is 70.1 Å². The summed E-state index contributed by atoms with van der Waals surface area (Å²) < 4.78 is 2.62. The van der Waals surface area contributed by atoms with E-state index in [1.165, 1.54) is 58.5 Å². The van der Waals surface area contributed by atoms with E-state index in [9.17, 15) is 0 Å². The first kappa shape index (κ1) is 23.0. The van der Waals surface area contributed by atoms with Gasteiger partial charge >= 0.3 is 0 Å². The van der Waals surface area contributed by atoms with E-state index < -0.39 is 0 Å². The molecule has 188 valence electrons. The molecule has 0 aliphatic heterocycles. The first-order valence-corrected chi connectivity index (χ1v) is 14.4. The lowest BCUT2D eigenvalue weighted by Crippen LogP contribution is -2.11. The first-order valence-electron chi connectivity index (χ1n) is 13.6. The van der Waals surface area contributed by atoms with Crippen LogP contribution in [-0.4, -0.2) is 0 Å². The van der Waals surface area contributed by atoms with Crippen molar-refractivity contribution in [1.82, 2.24) is 0 Å². The third kappa shape index (κ3) is 3.77. The smallest absolute Gasteiger partial charge is 0.0546 e. The quantitative estimate of drug-likeness (QED) is 0.220. The molecule has 8 aromatic rings. The predicted octanol–water partition coefficient (Wildman–Crippen LogP) is 11.5. The summed E-state index contributed by atoms with van der Waals surface area (Å²) >= 11 is 1.86. The Morgan fingerprint density at radius 3 is 1.95 bits per heavy atom. The van der Waals surface area contributed by atoms with Crippen LogP contribution in [0.2, 0.25) is 0 Å². The number of para-hydroxylation sites is 1. The zero-order chi connectivity index (χ0) is 26.5. The summed E-state index contributed by atoms with van der Waals surface area (Å²) in [5, 5.41) is 7.62. The third-order valence-electron chi connectivity index (χ3n) is 7.82. The predicted molar refractivity (Wildman–Crippen MR) is 174 cm³/mol. The molecular formula is C38H25NS. The topological polar surface area (TPSA) is 3.24 Å². The van der Waals surface area contributed by atoms with Crippen LogP contribution in [-0.2, 0) is 0 Å². The molecule has 0 amide bonds. The van der Waals surface area contributed by atoms with Crippen molar-refractivity contribution in [2.75, 3.05) is 4.90 Å². The maximum atomic E-state index is 2.42. The maximum absolute atomic E-state index is 2.42. The highest BCUT2D eigenvalue weighted by molar-refractivity contribution is 7.25. The number of fused-ring (bicyclic) bond motifs is 5. The van der Waals surface area contributed by atoms with Crippen LogP contribution in [0.4, 0.5) is 17.1 Å². The van der Waals surface area contributed by atoms with E-state index in [1.54, 1.807) is 0 Å². The summed E-state index contributed by atoms with van der Waals surface area (Å²) in [7, 11) is 0. The maximum Gasteiger partial charge on any atom is 0.0546 e. The zero-order valence-electron chi connectivity index (χ0n) is 21.8. The average molecular weight is 528 g/mol. The van der Waals surface area contributed by atoms with Gasteiger partial charge in [-0.25, -0.2) is 0 Å². The molecule has 0 unspecified atom stereocenters. The minimum absolute atomic E-state index is 1.14. The molecule has 0 aliphatic carbocycles. The van der Waals surface area contributed by atoms with Crippen LogP contribution in [0.5, 0.6) is 0 Å². The lowest BCUT2D eigenvalue weighted by atomic mass is 9.93. The summed E-state index contributed by atoms with van der Waals surface area (Å²) in [5.74, 6) is 0. The van der Waals surface area contributed by atoms with Gasteiger partial charge in [0, 0.05) is 37.1 Å². The molecule has 0 aliphatic rings. The summed E-state index contributed by atoms with van der Waals surface area (Å²) in [6.07, 6.45) is 0. The van der Waals surface area contributed by atoms with Gasteiger partial charge in [0.1, 0.15) is 0 Å². The molecule has 7 aromatic carbocycles. The molecule has 0 saturated carbocycles. The van der Waals surface area contributed by atoms with Crippen molar-refractivity contribution < 1.29 is 0 Å². The summed E-state index contributed by atoms with van der Waals surface area (Å²) in [4.78, 5) is 2.42. The lowest BCUT2D eigenvalue weighted by molar-refractivity contribution is 1.30. The van der Waals surface area contributed by atoms with E-state index in [0.717, 1.165) is 11.4 Å². The van der Waals surface area contributed by atoms with Gasteiger partial charge in [0.05, 0.1) is 5.69 Å². The van der Waals surface area contributed by atoms with Crippen LogP contribution in [0, 0.1) is 0 Å². The molecular weight excluding hydrogens is 502 g/mol. The number of thiophene rings is 1. The Kier molecular flexibility index (Phi) is 5.39. The van der Waals surface area contributed by atoms with E-state index in [4.69, 9.17) is 0 Å². The first-order chi connectivity index (χ1) is 19.8. The highest BCUT2D eigenvalue weighted by Crippen LogP contribution is 2.46. The van der Waals surface area contributed by atoms with Gasteiger partial charge in [-0.15, -0.1) is 11.3 Å². The molecule has 0 fully saturated rings. The number of anilines is 3. The van der Waals surface area contributed by atoms with Gasteiger partial charge in [0.15, 0.2) is 0 Å². The Hall–Kier alpha value is -4.92. The van der Waals surface area contributed by atoms with Gasteiger partial charge in [0.2, 0.25) is 0 Å². The SMILES string of the molecule is c1ccc(N(c2ccc3c(c2)sc2ccccc23)c2ccc3ccccc3c2-c2ccc3ccccc3c2)cc1. The van der Waals surface area contributed by atoms with Gasteiger partial charge in [-0.2, -0.15) is 0 Å². The van der Waals surface area contributed by atoms with Gasteiger partial charge < -0.3 is 4.90 Å². The number of hydrogen-bond acceptors (Lipinski definition) is 2. The second kappa shape index (κ2) is 9.37. The molecule has 0 saturated heterocycles. The van der Waals surface area contributed by atoms with Crippen molar-refractivity contribution in [3.05, 3.63) is 152 Å². The largest absolute Gasteiger partial charge is 0.310 e. The van der Waals surface area contributed by atoms with Crippen LogP contribution in [0.25, 0.3) is 52.8 Å². The summed E-state index contributed by atoms with van der Waals surface area (Å²) in [5.41, 5.74) is 5.92. The summed E-state index contributed by atoms with van der Waals surface area (Å²) in [6.45, 7) is 0. The summed E-state index contributed by atoms with van der Waals surface area (Å²) in [6, 6.07) is 55.1. The molecule has 2 heteroatoms. The van der Waals surface area contributed by atoms with Gasteiger partial charge in [-0.1, -0.05) is 109 Å². The Morgan fingerprint density at radius 1 is 0.400 bits per heavy atom. The number of nitrogens with zero attached hydrogens (tertiary/aromatic N) is 1. The van der Waals surface area contributed by atoms with E-state index in [-0.39, 0.29) is 0 Å². The Bertz CT molecular complexity index is 2170. The van der Waals surface area contributed by atoms with Crippen LogP contribution in [0.15, 0.2) is 152 Å².